The molecule has 1 saturated heterocycles. The second kappa shape index (κ2) is 5.29. The van der Waals surface area contributed by atoms with Crippen LogP contribution in [0.5, 0.6) is 0 Å². The summed E-state index contributed by atoms with van der Waals surface area (Å²) in [5, 5.41) is 0. The second-order valence-electron chi connectivity index (χ2n) is 5.49. The van der Waals surface area contributed by atoms with Gasteiger partial charge >= 0.3 is 0 Å². The van der Waals surface area contributed by atoms with Crippen molar-refractivity contribution in [3.63, 3.8) is 0 Å². The Morgan fingerprint density at radius 1 is 1.22 bits per heavy atom. The highest BCUT2D eigenvalue weighted by atomic mass is 16.5. The van der Waals surface area contributed by atoms with Crippen molar-refractivity contribution in [3.05, 3.63) is 30.3 Å². The lowest BCUT2D eigenvalue weighted by Crippen LogP contribution is -2.58. The minimum absolute atomic E-state index is 0.0123. The number of likely N-dealkylation sites (N-methyl/N-ethyl adjacent to an activating group) is 1. The Morgan fingerprint density at radius 2 is 1.78 bits per heavy atom. The van der Waals surface area contributed by atoms with E-state index in [0.717, 1.165) is 12.8 Å². The van der Waals surface area contributed by atoms with Crippen LogP contribution >= 0.6 is 0 Å². The Kier molecular flexibility index (Phi) is 3.93. The molecule has 2 atom stereocenters. The van der Waals surface area contributed by atoms with E-state index in [9.17, 15) is 0 Å². The summed E-state index contributed by atoms with van der Waals surface area (Å²) in [5.41, 5.74) is 7.34. The van der Waals surface area contributed by atoms with E-state index >= 15 is 0 Å². The fourth-order valence-electron chi connectivity index (χ4n) is 3.15. The first kappa shape index (κ1) is 13.4. The maximum absolute atomic E-state index is 6.10. The van der Waals surface area contributed by atoms with E-state index in [1.54, 1.807) is 0 Å². The molecule has 1 fully saturated rings. The summed E-state index contributed by atoms with van der Waals surface area (Å²) >= 11 is 0. The van der Waals surface area contributed by atoms with E-state index < -0.39 is 0 Å². The molecule has 0 amide bonds. The van der Waals surface area contributed by atoms with Crippen molar-refractivity contribution in [1.29, 1.82) is 0 Å². The number of rotatable bonds is 3. The summed E-state index contributed by atoms with van der Waals surface area (Å²) in [6.45, 7) is 4.94. The first-order valence-corrected chi connectivity index (χ1v) is 6.72. The van der Waals surface area contributed by atoms with Crippen molar-refractivity contribution in [2.24, 2.45) is 5.73 Å². The smallest absolute Gasteiger partial charge is 0.0573 e. The Hall–Kier alpha value is -1.06. The van der Waals surface area contributed by atoms with Gasteiger partial charge in [-0.2, -0.15) is 0 Å². The molecule has 0 spiro atoms. The van der Waals surface area contributed by atoms with Crippen LogP contribution in [0.25, 0.3) is 0 Å². The first-order chi connectivity index (χ1) is 8.57. The molecule has 1 aliphatic heterocycles. The molecule has 2 rings (SSSR count). The number of para-hydroxylation sites is 1. The second-order valence-corrected chi connectivity index (χ2v) is 5.49. The minimum atomic E-state index is 0.0123. The highest BCUT2D eigenvalue weighted by Gasteiger charge is 2.40. The molecule has 0 radical (unpaired) electrons. The van der Waals surface area contributed by atoms with Crippen LogP contribution in [0.15, 0.2) is 30.3 Å². The summed E-state index contributed by atoms with van der Waals surface area (Å²) in [6.07, 6.45) is 2.50. The van der Waals surface area contributed by atoms with Gasteiger partial charge in [-0.3, -0.25) is 0 Å². The van der Waals surface area contributed by atoms with Crippen molar-refractivity contribution in [1.82, 2.24) is 0 Å². The van der Waals surface area contributed by atoms with Gasteiger partial charge < -0.3 is 15.4 Å². The van der Waals surface area contributed by atoms with E-state index in [1.807, 2.05) is 6.07 Å². The average molecular weight is 248 g/mol. The van der Waals surface area contributed by atoms with Crippen LogP contribution in [0.2, 0.25) is 0 Å². The molecule has 2 N–H and O–H groups in total. The van der Waals surface area contributed by atoms with Crippen molar-refractivity contribution in [3.8, 4) is 0 Å². The predicted octanol–water partition coefficient (Wildman–Crippen LogP) is 2.41. The molecule has 3 heteroatoms. The van der Waals surface area contributed by atoms with E-state index in [2.05, 4.69) is 50.1 Å². The third-order valence-electron chi connectivity index (χ3n) is 4.03. The van der Waals surface area contributed by atoms with E-state index in [-0.39, 0.29) is 17.7 Å². The topological polar surface area (TPSA) is 38.5 Å². The summed E-state index contributed by atoms with van der Waals surface area (Å²) < 4.78 is 5.85. The normalized spacial score (nSPS) is 32.2. The molecule has 3 nitrogen and oxygen atoms in total. The minimum Gasteiger partial charge on any atom is -0.375 e. The van der Waals surface area contributed by atoms with Crippen LogP contribution in [0.3, 0.4) is 0 Å². The molecule has 18 heavy (non-hydrogen) atoms. The Bertz CT molecular complexity index is 369. The molecule has 1 aromatic carbocycles. The number of benzene rings is 1. The van der Waals surface area contributed by atoms with Crippen molar-refractivity contribution in [2.45, 2.75) is 44.4 Å². The monoisotopic (exact) mass is 248 g/mol. The van der Waals surface area contributed by atoms with E-state index in [1.165, 1.54) is 5.69 Å². The number of nitrogens with two attached hydrogens (primary N) is 1. The predicted molar refractivity (Wildman–Crippen MR) is 75.9 cm³/mol. The zero-order chi connectivity index (χ0) is 13.2. The van der Waals surface area contributed by atoms with Gasteiger partial charge in [0.1, 0.15) is 0 Å². The number of anilines is 1. The van der Waals surface area contributed by atoms with Gasteiger partial charge in [-0.05, 0) is 38.8 Å². The van der Waals surface area contributed by atoms with Gasteiger partial charge in [0.2, 0.25) is 0 Å². The van der Waals surface area contributed by atoms with E-state index in [4.69, 9.17) is 10.5 Å². The van der Waals surface area contributed by atoms with Gasteiger partial charge in [0.15, 0.2) is 0 Å². The molecule has 100 valence electrons. The van der Waals surface area contributed by atoms with Crippen LogP contribution in [0.4, 0.5) is 5.69 Å². The molecule has 0 bridgehead atoms. The van der Waals surface area contributed by atoms with Crippen LogP contribution in [-0.4, -0.2) is 31.3 Å². The maximum Gasteiger partial charge on any atom is 0.0573 e. The SMILES string of the molecule is CC1CC(CN)(N(C)c2ccccc2)CC(C)O1. The Balaban J connectivity index is 2.26. The molecule has 0 aliphatic carbocycles. The van der Waals surface area contributed by atoms with Gasteiger partial charge in [0, 0.05) is 19.3 Å². The lowest BCUT2D eigenvalue weighted by Gasteiger charge is -2.49. The Labute approximate surface area is 110 Å². The van der Waals surface area contributed by atoms with Gasteiger partial charge in [-0.25, -0.2) is 0 Å². The lowest BCUT2D eigenvalue weighted by atomic mass is 9.82. The molecular formula is C15H24N2O. The fraction of sp³-hybridized carbons (Fsp3) is 0.600. The molecule has 1 heterocycles. The van der Waals surface area contributed by atoms with Crippen LogP contribution < -0.4 is 10.6 Å². The van der Waals surface area contributed by atoms with Crippen molar-refractivity contribution >= 4 is 5.69 Å². The Morgan fingerprint density at radius 3 is 2.28 bits per heavy atom. The summed E-state index contributed by atoms with van der Waals surface area (Å²) in [4.78, 5) is 2.34. The summed E-state index contributed by atoms with van der Waals surface area (Å²) in [5.74, 6) is 0. The van der Waals surface area contributed by atoms with Gasteiger partial charge in [-0.15, -0.1) is 0 Å². The summed E-state index contributed by atoms with van der Waals surface area (Å²) in [6, 6.07) is 10.5. The highest BCUT2D eigenvalue weighted by molar-refractivity contribution is 5.48. The largest absolute Gasteiger partial charge is 0.375 e. The zero-order valence-electron chi connectivity index (χ0n) is 11.6. The molecule has 0 aromatic heterocycles. The third kappa shape index (κ3) is 2.52. The molecular weight excluding hydrogens is 224 g/mol. The van der Waals surface area contributed by atoms with E-state index in [0.29, 0.717) is 6.54 Å². The molecule has 0 saturated carbocycles. The van der Waals surface area contributed by atoms with Crippen molar-refractivity contribution < 1.29 is 4.74 Å². The molecule has 1 aromatic rings. The van der Waals surface area contributed by atoms with Gasteiger partial charge in [-0.1, -0.05) is 18.2 Å². The first-order valence-electron chi connectivity index (χ1n) is 6.72. The van der Waals surface area contributed by atoms with Gasteiger partial charge in [0.25, 0.3) is 0 Å². The van der Waals surface area contributed by atoms with Crippen molar-refractivity contribution in [2.75, 3.05) is 18.5 Å². The lowest BCUT2D eigenvalue weighted by molar-refractivity contribution is -0.0591. The van der Waals surface area contributed by atoms with Crippen LogP contribution in [-0.2, 0) is 4.74 Å². The van der Waals surface area contributed by atoms with Crippen LogP contribution in [0, 0.1) is 0 Å². The molecule has 1 aliphatic rings. The summed E-state index contributed by atoms with van der Waals surface area (Å²) in [7, 11) is 2.15. The zero-order valence-corrected chi connectivity index (χ0v) is 11.6. The molecule has 2 unspecified atom stereocenters. The number of nitrogens with zero attached hydrogens (tertiary/aromatic N) is 1. The maximum atomic E-state index is 6.10. The standard InChI is InChI=1S/C15H24N2O/c1-12-9-15(11-16,10-13(2)18-12)17(3)14-7-5-4-6-8-14/h4-8,12-13H,9-11,16H2,1-3H3. The quantitative estimate of drug-likeness (QED) is 0.892. The average Bonchev–Trinajstić information content (AvgIpc) is 2.37. The third-order valence-corrected chi connectivity index (χ3v) is 4.03. The van der Waals surface area contributed by atoms with Crippen LogP contribution in [0.1, 0.15) is 26.7 Å². The van der Waals surface area contributed by atoms with Gasteiger partial charge in [0.05, 0.1) is 17.7 Å². The number of ether oxygens (including phenoxy) is 1. The number of hydrogen-bond donors (Lipinski definition) is 1. The fourth-order valence-corrected chi connectivity index (χ4v) is 3.15. The highest BCUT2D eigenvalue weighted by Crippen LogP contribution is 2.35. The number of hydrogen-bond acceptors (Lipinski definition) is 3.